The van der Waals surface area contributed by atoms with Gasteiger partial charge >= 0.3 is 0 Å². The number of methoxy groups -OCH3 is 1. The summed E-state index contributed by atoms with van der Waals surface area (Å²) in [7, 11) is 1.61. The Kier molecular flexibility index (Phi) is 4.79. The molecule has 1 heterocycles. The molecule has 5 heteroatoms. The lowest BCUT2D eigenvalue weighted by molar-refractivity contribution is -0.120. The number of aromatic nitrogens is 1. The third kappa shape index (κ3) is 3.74. The Hall–Kier alpha value is -2.82. The van der Waals surface area contributed by atoms with E-state index in [1.807, 2.05) is 49.4 Å². The molecule has 3 rings (SSSR count). The molecule has 124 valence electrons. The molecule has 0 radical (unpaired) electrons. The highest BCUT2D eigenvalue weighted by atomic mass is 16.5. The van der Waals surface area contributed by atoms with Crippen molar-refractivity contribution in [2.24, 2.45) is 0 Å². The van der Waals surface area contributed by atoms with Gasteiger partial charge in [-0.05, 0) is 30.2 Å². The Bertz CT molecular complexity index is 855. The number of benzene rings is 2. The maximum Gasteiger partial charge on any atom is 0.224 e. The van der Waals surface area contributed by atoms with Gasteiger partial charge in [-0.25, -0.2) is 4.98 Å². The molecule has 1 N–H and O–H groups in total. The number of aryl methyl sites for hydroxylation is 1. The first-order valence-electron chi connectivity index (χ1n) is 7.90. The summed E-state index contributed by atoms with van der Waals surface area (Å²) in [5.74, 6) is 1.38. The van der Waals surface area contributed by atoms with Gasteiger partial charge in [0.2, 0.25) is 5.91 Å². The maximum absolute atomic E-state index is 12.1. The van der Waals surface area contributed by atoms with E-state index in [1.54, 1.807) is 7.11 Å². The summed E-state index contributed by atoms with van der Waals surface area (Å²) in [6.45, 7) is 2.41. The molecule has 0 aliphatic carbocycles. The average molecular weight is 324 g/mol. The van der Waals surface area contributed by atoms with Crippen molar-refractivity contribution in [1.82, 2.24) is 10.3 Å². The molecular formula is C19H20N2O3. The number of oxazole rings is 1. The highest BCUT2D eigenvalue weighted by Gasteiger charge is 2.08. The zero-order chi connectivity index (χ0) is 16.9. The monoisotopic (exact) mass is 324 g/mol. The number of rotatable bonds is 6. The molecule has 0 saturated carbocycles. The standard InChI is InChI=1S/C19H20N2O3/c1-13-21-16-8-7-14(11-18(16)24-13)9-10-20-19(22)12-15-5-3-4-6-17(15)23-2/h3-8,11H,9-10,12H2,1-2H3,(H,20,22). The first kappa shape index (κ1) is 16.1. The van der Waals surface area contributed by atoms with Crippen molar-refractivity contribution in [1.29, 1.82) is 0 Å². The van der Waals surface area contributed by atoms with Crippen LogP contribution in [0, 0.1) is 6.92 Å². The second-order valence-corrected chi connectivity index (χ2v) is 5.62. The summed E-state index contributed by atoms with van der Waals surface area (Å²) in [6.07, 6.45) is 1.05. The number of amides is 1. The number of para-hydroxylation sites is 1. The number of carbonyl (C=O) groups is 1. The van der Waals surface area contributed by atoms with E-state index in [4.69, 9.17) is 9.15 Å². The molecule has 24 heavy (non-hydrogen) atoms. The summed E-state index contributed by atoms with van der Waals surface area (Å²) in [5.41, 5.74) is 3.63. The molecular weight excluding hydrogens is 304 g/mol. The SMILES string of the molecule is COc1ccccc1CC(=O)NCCc1ccc2nc(C)oc2c1. The minimum absolute atomic E-state index is 0.0175. The van der Waals surface area contributed by atoms with Crippen LogP contribution in [0.4, 0.5) is 0 Å². The van der Waals surface area contributed by atoms with Crippen molar-refractivity contribution in [2.75, 3.05) is 13.7 Å². The van der Waals surface area contributed by atoms with Crippen LogP contribution in [0.3, 0.4) is 0 Å². The Labute approximate surface area is 140 Å². The van der Waals surface area contributed by atoms with Crippen molar-refractivity contribution in [3.05, 3.63) is 59.5 Å². The van der Waals surface area contributed by atoms with E-state index in [0.717, 1.165) is 34.4 Å². The summed E-state index contributed by atoms with van der Waals surface area (Å²) < 4.78 is 10.8. The van der Waals surface area contributed by atoms with E-state index < -0.39 is 0 Å². The van der Waals surface area contributed by atoms with Crippen molar-refractivity contribution in [2.45, 2.75) is 19.8 Å². The lowest BCUT2D eigenvalue weighted by atomic mass is 10.1. The Morgan fingerprint density at radius 2 is 2.08 bits per heavy atom. The van der Waals surface area contributed by atoms with Crippen molar-refractivity contribution < 1.29 is 13.9 Å². The fourth-order valence-corrected chi connectivity index (χ4v) is 2.67. The van der Waals surface area contributed by atoms with Crippen molar-refractivity contribution >= 4 is 17.0 Å². The average Bonchev–Trinajstić information content (AvgIpc) is 2.94. The van der Waals surface area contributed by atoms with E-state index in [-0.39, 0.29) is 5.91 Å². The fraction of sp³-hybridized carbons (Fsp3) is 0.263. The molecule has 3 aromatic rings. The maximum atomic E-state index is 12.1. The molecule has 0 aliphatic rings. The van der Waals surface area contributed by atoms with Gasteiger partial charge in [-0.15, -0.1) is 0 Å². The van der Waals surface area contributed by atoms with Gasteiger partial charge in [-0.1, -0.05) is 24.3 Å². The summed E-state index contributed by atoms with van der Waals surface area (Å²) in [5, 5.41) is 2.94. The summed E-state index contributed by atoms with van der Waals surface area (Å²) in [4.78, 5) is 16.4. The quantitative estimate of drug-likeness (QED) is 0.757. The first-order valence-corrected chi connectivity index (χ1v) is 7.90. The molecule has 0 spiro atoms. The van der Waals surface area contributed by atoms with E-state index in [2.05, 4.69) is 10.3 Å². The number of fused-ring (bicyclic) bond motifs is 1. The normalized spacial score (nSPS) is 10.8. The zero-order valence-corrected chi connectivity index (χ0v) is 13.8. The van der Waals surface area contributed by atoms with Crippen LogP contribution < -0.4 is 10.1 Å². The van der Waals surface area contributed by atoms with Gasteiger partial charge < -0.3 is 14.5 Å². The number of nitrogens with one attached hydrogen (secondary N) is 1. The van der Waals surface area contributed by atoms with Gasteiger partial charge in [-0.3, -0.25) is 4.79 Å². The van der Waals surface area contributed by atoms with E-state index in [1.165, 1.54) is 0 Å². The van der Waals surface area contributed by atoms with Crippen LogP contribution in [0.15, 0.2) is 46.9 Å². The van der Waals surface area contributed by atoms with E-state index >= 15 is 0 Å². The number of hydrogen-bond donors (Lipinski definition) is 1. The third-order valence-corrected chi connectivity index (χ3v) is 3.84. The minimum atomic E-state index is -0.0175. The van der Waals surface area contributed by atoms with Gasteiger partial charge in [-0.2, -0.15) is 0 Å². The fourth-order valence-electron chi connectivity index (χ4n) is 2.67. The molecule has 0 aliphatic heterocycles. The minimum Gasteiger partial charge on any atom is -0.496 e. The molecule has 0 saturated heterocycles. The molecule has 1 aromatic heterocycles. The topological polar surface area (TPSA) is 64.4 Å². The molecule has 2 aromatic carbocycles. The third-order valence-electron chi connectivity index (χ3n) is 3.84. The number of nitrogens with zero attached hydrogens (tertiary/aromatic N) is 1. The number of ether oxygens (including phenoxy) is 1. The second-order valence-electron chi connectivity index (χ2n) is 5.62. The highest BCUT2D eigenvalue weighted by Crippen LogP contribution is 2.18. The lowest BCUT2D eigenvalue weighted by Gasteiger charge is -2.09. The summed E-state index contributed by atoms with van der Waals surface area (Å²) >= 11 is 0. The smallest absolute Gasteiger partial charge is 0.224 e. The Balaban J connectivity index is 1.54. The number of carbonyl (C=O) groups excluding carboxylic acids is 1. The Morgan fingerprint density at radius 1 is 1.25 bits per heavy atom. The van der Waals surface area contributed by atoms with Gasteiger partial charge in [0.1, 0.15) is 11.3 Å². The van der Waals surface area contributed by atoms with Crippen LogP contribution in [-0.4, -0.2) is 24.5 Å². The van der Waals surface area contributed by atoms with Crippen molar-refractivity contribution in [3.63, 3.8) is 0 Å². The van der Waals surface area contributed by atoms with Crippen LogP contribution in [-0.2, 0) is 17.6 Å². The van der Waals surface area contributed by atoms with E-state index in [9.17, 15) is 4.79 Å². The molecule has 0 fully saturated rings. The van der Waals surface area contributed by atoms with Gasteiger partial charge in [0.05, 0.1) is 13.5 Å². The number of hydrogen-bond acceptors (Lipinski definition) is 4. The van der Waals surface area contributed by atoms with Crippen LogP contribution in [0.5, 0.6) is 5.75 Å². The van der Waals surface area contributed by atoms with Gasteiger partial charge in [0, 0.05) is 19.0 Å². The molecule has 0 unspecified atom stereocenters. The van der Waals surface area contributed by atoms with Crippen LogP contribution in [0.25, 0.3) is 11.1 Å². The molecule has 1 amide bonds. The summed E-state index contributed by atoms with van der Waals surface area (Å²) in [6, 6.07) is 13.5. The first-order chi connectivity index (χ1) is 11.7. The lowest BCUT2D eigenvalue weighted by Crippen LogP contribution is -2.27. The predicted molar refractivity (Wildman–Crippen MR) is 92.2 cm³/mol. The van der Waals surface area contributed by atoms with E-state index in [0.29, 0.717) is 18.9 Å². The molecule has 5 nitrogen and oxygen atoms in total. The predicted octanol–water partition coefficient (Wildman–Crippen LogP) is 3.05. The molecule has 0 atom stereocenters. The van der Waals surface area contributed by atoms with Crippen LogP contribution in [0.1, 0.15) is 17.0 Å². The largest absolute Gasteiger partial charge is 0.496 e. The van der Waals surface area contributed by atoms with Crippen LogP contribution in [0.2, 0.25) is 0 Å². The second kappa shape index (κ2) is 7.17. The van der Waals surface area contributed by atoms with Gasteiger partial charge in [0.15, 0.2) is 11.5 Å². The highest BCUT2D eigenvalue weighted by molar-refractivity contribution is 5.79. The Morgan fingerprint density at radius 3 is 2.92 bits per heavy atom. The molecule has 0 bridgehead atoms. The van der Waals surface area contributed by atoms with Crippen molar-refractivity contribution in [3.8, 4) is 5.75 Å². The van der Waals surface area contributed by atoms with Crippen LogP contribution >= 0.6 is 0 Å². The van der Waals surface area contributed by atoms with Gasteiger partial charge in [0.25, 0.3) is 0 Å². The zero-order valence-electron chi connectivity index (χ0n) is 13.8.